The fourth-order valence-electron chi connectivity index (χ4n) is 1.93. The minimum atomic E-state index is -0.589. The van der Waals surface area contributed by atoms with Gasteiger partial charge in [0.25, 0.3) is 0 Å². The van der Waals surface area contributed by atoms with Crippen molar-refractivity contribution in [1.82, 2.24) is 9.97 Å². The van der Waals surface area contributed by atoms with Crippen molar-refractivity contribution in [3.8, 4) is 0 Å². The van der Waals surface area contributed by atoms with Gasteiger partial charge in [0.1, 0.15) is 12.0 Å². The van der Waals surface area contributed by atoms with Gasteiger partial charge in [0.05, 0.1) is 26.1 Å². The van der Waals surface area contributed by atoms with E-state index in [1.807, 2.05) is 0 Å². The molecule has 2 rings (SSSR count). The van der Waals surface area contributed by atoms with Crippen molar-refractivity contribution in [2.45, 2.75) is 33.6 Å². The number of nitrogens with zero attached hydrogens (tertiary/aromatic N) is 3. The molecule has 31 heavy (non-hydrogen) atoms. The van der Waals surface area contributed by atoms with E-state index in [0.717, 1.165) is 5.56 Å². The molecule has 11 heteroatoms. The minimum Gasteiger partial charge on any atom is -0.466 e. The fraction of sp³-hybridized carbons (Fsp3) is 0.400. The van der Waals surface area contributed by atoms with Crippen molar-refractivity contribution >= 4 is 23.6 Å². The lowest BCUT2D eigenvalue weighted by Crippen LogP contribution is -2.07. The lowest BCUT2D eigenvalue weighted by atomic mass is 10.2. The molecule has 0 atom stereocenters. The number of nitrogen functional groups attached to an aromatic ring is 1. The van der Waals surface area contributed by atoms with Gasteiger partial charge in [-0.15, -0.1) is 0 Å². The molecule has 0 aliphatic heterocycles. The Hall–Kier alpha value is -3.60. The second kappa shape index (κ2) is 16.2. The van der Waals surface area contributed by atoms with E-state index in [1.54, 1.807) is 39.1 Å². The Kier molecular flexibility index (Phi) is 14.3. The third kappa shape index (κ3) is 13.3. The van der Waals surface area contributed by atoms with Gasteiger partial charge in [0.2, 0.25) is 0 Å². The number of aliphatic hydroxyl groups excluding tert-OH is 1. The molecule has 170 valence electrons. The maximum Gasteiger partial charge on any atom is 0.363 e. The summed E-state index contributed by atoms with van der Waals surface area (Å²) in [6.07, 6.45) is 3.21. The summed E-state index contributed by atoms with van der Waals surface area (Å²) >= 11 is 0. The molecule has 0 unspecified atom stereocenters. The van der Waals surface area contributed by atoms with Crippen LogP contribution in [0.25, 0.3) is 0 Å². The highest BCUT2D eigenvalue weighted by Crippen LogP contribution is 2.08. The van der Waals surface area contributed by atoms with Crippen LogP contribution in [0.1, 0.15) is 31.9 Å². The summed E-state index contributed by atoms with van der Waals surface area (Å²) in [6.45, 7) is 6.14. The molecule has 0 aromatic carbocycles. The van der Waals surface area contributed by atoms with E-state index in [0.29, 0.717) is 24.6 Å². The molecule has 0 saturated carbocycles. The van der Waals surface area contributed by atoms with Crippen LogP contribution >= 0.6 is 0 Å². The SMILES string of the molecule is CCO.CCOC(=O)Cc1ccc(N)nc1.CCOC(=O)Cc1ccc([N+](=O)[O-])nc1. The van der Waals surface area contributed by atoms with Crippen molar-refractivity contribution in [2.75, 3.05) is 25.6 Å². The Bertz CT molecular complexity index is 796. The van der Waals surface area contributed by atoms with Gasteiger partial charge in [0, 0.05) is 24.4 Å². The normalized spacial score (nSPS) is 9.29. The summed E-state index contributed by atoms with van der Waals surface area (Å²) in [4.78, 5) is 39.2. The van der Waals surface area contributed by atoms with Gasteiger partial charge in [-0.1, -0.05) is 6.07 Å². The highest BCUT2D eigenvalue weighted by atomic mass is 16.6. The molecule has 0 radical (unpaired) electrons. The van der Waals surface area contributed by atoms with Crippen LogP contribution < -0.4 is 5.73 Å². The van der Waals surface area contributed by atoms with Crippen LogP contribution in [0.3, 0.4) is 0 Å². The summed E-state index contributed by atoms with van der Waals surface area (Å²) in [7, 11) is 0. The molecule has 0 aliphatic carbocycles. The number of carbonyl (C=O) groups excluding carboxylic acids is 2. The Balaban J connectivity index is 0.000000519. The number of aliphatic hydroxyl groups is 1. The zero-order valence-electron chi connectivity index (χ0n) is 17.8. The van der Waals surface area contributed by atoms with E-state index in [2.05, 4.69) is 9.97 Å². The van der Waals surface area contributed by atoms with Crippen molar-refractivity contribution in [2.24, 2.45) is 0 Å². The van der Waals surface area contributed by atoms with E-state index in [-0.39, 0.29) is 37.2 Å². The van der Waals surface area contributed by atoms with Crippen LogP contribution in [-0.4, -0.2) is 51.8 Å². The fourth-order valence-corrected chi connectivity index (χ4v) is 1.93. The van der Waals surface area contributed by atoms with E-state index >= 15 is 0 Å². The molecule has 0 aliphatic rings. The largest absolute Gasteiger partial charge is 0.466 e. The van der Waals surface area contributed by atoms with E-state index in [1.165, 1.54) is 18.3 Å². The lowest BCUT2D eigenvalue weighted by Gasteiger charge is -2.01. The number of hydrogen-bond donors (Lipinski definition) is 2. The van der Waals surface area contributed by atoms with Crippen molar-refractivity contribution < 1.29 is 29.1 Å². The summed E-state index contributed by atoms with van der Waals surface area (Å²) < 4.78 is 9.50. The van der Waals surface area contributed by atoms with Gasteiger partial charge in [-0.2, -0.15) is 0 Å². The predicted molar refractivity (Wildman–Crippen MR) is 113 cm³/mol. The summed E-state index contributed by atoms with van der Waals surface area (Å²) in [5.41, 5.74) is 6.80. The van der Waals surface area contributed by atoms with Gasteiger partial charge in [-0.3, -0.25) is 9.59 Å². The van der Waals surface area contributed by atoms with Crippen LogP contribution in [0.4, 0.5) is 11.6 Å². The molecule has 11 nitrogen and oxygen atoms in total. The second-order valence-corrected chi connectivity index (χ2v) is 5.65. The van der Waals surface area contributed by atoms with Gasteiger partial charge in [-0.05, 0) is 48.4 Å². The van der Waals surface area contributed by atoms with E-state index in [9.17, 15) is 19.7 Å². The monoisotopic (exact) mass is 436 g/mol. The molecular formula is C20H28N4O7. The first-order valence-electron chi connectivity index (χ1n) is 9.49. The first-order chi connectivity index (χ1) is 14.8. The third-order valence-corrected chi connectivity index (χ3v) is 3.15. The average Bonchev–Trinajstić information content (AvgIpc) is 2.71. The summed E-state index contributed by atoms with van der Waals surface area (Å²) in [6, 6.07) is 6.17. The van der Waals surface area contributed by atoms with Crippen molar-refractivity contribution in [3.05, 3.63) is 57.9 Å². The predicted octanol–water partition coefficient (Wildman–Crippen LogP) is 1.86. The van der Waals surface area contributed by atoms with Gasteiger partial charge < -0.3 is 30.4 Å². The molecule has 0 bridgehead atoms. The van der Waals surface area contributed by atoms with Crippen LogP contribution in [0.15, 0.2) is 36.7 Å². The first-order valence-corrected chi connectivity index (χ1v) is 9.49. The maximum absolute atomic E-state index is 11.0. The van der Waals surface area contributed by atoms with Crippen LogP contribution in [0.5, 0.6) is 0 Å². The standard InChI is InChI=1S/C9H10N2O4.C9H12N2O2.C2H6O/c1-2-15-9(12)5-7-3-4-8(10-6-7)11(13)14;1-2-13-9(12)5-7-3-4-8(10)11-6-7;1-2-3/h3-4,6H,2,5H2,1H3;3-4,6H,2,5H2,1H3,(H2,10,11);3H,2H2,1H3. The molecule has 0 amide bonds. The highest BCUT2D eigenvalue weighted by Gasteiger charge is 2.09. The van der Waals surface area contributed by atoms with Crippen LogP contribution in [-0.2, 0) is 31.9 Å². The number of rotatable bonds is 7. The Morgan fingerprint density at radius 1 is 0.968 bits per heavy atom. The summed E-state index contributed by atoms with van der Waals surface area (Å²) in [5.74, 6) is -0.391. The number of anilines is 1. The number of aromatic nitrogens is 2. The van der Waals surface area contributed by atoms with Crippen LogP contribution in [0, 0.1) is 10.1 Å². The van der Waals surface area contributed by atoms with Gasteiger partial charge >= 0.3 is 17.8 Å². The zero-order valence-corrected chi connectivity index (χ0v) is 17.8. The summed E-state index contributed by atoms with van der Waals surface area (Å²) in [5, 5.41) is 17.9. The average molecular weight is 436 g/mol. The first kappa shape index (κ1) is 27.4. The molecule has 2 aromatic heterocycles. The quantitative estimate of drug-likeness (QED) is 0.371. The molecule has 0 spiro atoms. The third-order valence-electron chi connectivity index (χ3n) is 3.15. The second-order valence-electron chi connectivity index (χ2n) is 5.65. The number of nitrogens with two attached hydrogens (primary N) is 1. The van der Waals surface area contributed by atoms with Crippen molar-refractivity contribution in [1.29, 1.82) is 0 Å². The minimum absolute atomic E-state index is 0.0822. The molecular weight excluding hydrogens is 408 g/mol. The number of nitro groups is 1. The molecule has 2 aromatic rings. The number of esters is 2. The smallest absolute Gasteiger partial charge is 0.363 e. The topological polar surface area (TPSA) is 168 Å². The van der Waals surface area contributed by atoms with E-state index in [4.69, 9.17) is 20.3 Å². The maximum atomic E-state index is 11.0. The zero-order chi connectivity index (χ0) is 23.6. The Morgan fingerprint density at radius 3 is 1.74 bits per heavy atom. The lowest BCUT2D eigenvalue weighted by molar-refractivity contribution is -0.389. The van der Waals surface area contributed by atoms with Gasteiger partial charge in [-0.25, -0.2) is 4.98 Å². The van der Waals surface area contributed by atoms with Crippen LogP contribution in [0.2, 0.25) is 0 Å². The number of carbonyl (C=O) groups is 2. The van der Waals surface area contributed by atoms with E-state index < -0.39 is 4.92 Å². The highest BCUT2D eigenvalue weighted by molar-refractivity contribution is 5.72. The molecule has 2 heterocycles. The number of hydrogen-bond acceptors (Lipinski definition) is 10. The van der Waals surface area contributed by atoms with Crippen molar-refractivity contribution in [3.63, 3.8) is 0 Å². The Labute approximate surface area is 180 Å². The molecule has 3 N–H and O–H groups in total. The number of ether oxygens (including phenoxy) is 2. The van der Waals surface area contributed by atoms with Gasteiger partial charge in [0.15, 0.2) is 0 Å². The molecule has 0 fully saturated rings. The number of pyridine rings is 2. The Morgan fingerprint density at radius 2 is 1.42 bits per heavy atom. The molecule has 0 saturated heterocycles.